The Morgan fingerprint density at radius 1 is 1.36 bits per heavy atom. The number of rotatable bonds is 5. The predicted octanol–water partition coefficient (Wildman–Crippen LogP) is 2.79. The highest BCUT2D eigenvalue weighted by Crippen LogP contribution is 2.32. The predicted molar refractivity (Wildman–Crippen MR) is 62.9 cm³/mol. The summed E-state index contributed by atoms with van der Waals surface area (Å²) in [6.45, 7) is 0.249. The van der Waals surface area contributed by atoms with Gasteiger partial charge in [-0.1, -0.05) is 17.7 Å². The van der Waals surface area contributed by atoms with E-state index in [0.717, 1.165) is 29.2 Å². The molecule has 1 rings (SSSR count). The summed E-state index contributed by atoms with van der Waals surface area (Å²) in [6, 6.07) is 5.53. The van der Waals surface area contributed by atoms with E-state index in [9.17, 15) is 0 Å². The van der Waals surface area contributed by atoms with Crippen molar-refractivity contribution in [1.29, 1.82) is 0 Å². The molecule has 0 aliphatic carbocycles. The van der Waals surface area contributed by atoms with Crippen LogP contribution in [-0.2, 0) is 0 Å². The highest BCUT2D eigenvalue weighted by atomic mass is 35.5. The average molecular weight is 232 g/mol. The fraction of sp³-hybridized carbons (Fsp3) is 0.400. The summed E-state index contributed by atoms with van der Waals surface area (Å²) in [5.74, 6) is 0.939. The molecule has 14 heavy (non-hydrogen) atoms. The smallest absolute Gasteiger partial charge is 0.0562 e. The summed E-state index contributed by atoms with van der Waals surface area (Å²) >= 11 is 7.64. The Morgan fingerprint density at radius 3 is 2.79 bits per heavy atom. The molecular formula is C10H14ClNOS. The molecule has 4 heteroatoms. The standard InChI is InChI=1S/C10H14ClNOS/c11-8-4-3-5-9(12)10(8)14-7-2-1-6-13/h3-5,13H,1-2,6-7,12H2. The molecule has 0 spiro atoms. The zero-order valence-corrected chi connectivity index (χ0v) is 9.44. The summed E-state index contributed by atoms with van der Waals surface area (Å²) in [6.07, 6.45) is 1.81. The van der Waals surface area contributed by atoms with Crippen molar-refractivity contribution < 1.29 is 5.11 Å². The second kappa shape index (κ2) is 6.17. The molecule has 0 saturated heterocycles. The van der Waals surface area contributed by atoms with Crippen LogP contribution >= 0.6 is 23.4 Å². The molecule has 78 valence electrons. The molecule has 0 radical (unpaired) electrons. The third kappa shape index (κ3) is 3.40. The molecule has 1 aromatic rings. The van der Waals surface area contributed by atoms with Crippen molar-refractivity contribution in [2.24, 2.45) is 0 Å². The number of unbranched alkanes of at least 4 members (excludes halogenated alkanes) is 1. The van der Waals surface area contributed by atoms with Crippen molar-refractivity contribution >= 4 is 29.1 Å². The lowest BCUT2D eigenvalue weighted by Gasteiger charge is -2.06. The van der Waals surface area contributed by atoms with Gasteiger partial charge in [0.05, 0.1) is 5.02 Å². The van der Waals surface area contributed by atoms with E-state index in [4.69, 9.17) is 22.4 Å². The normalized spacial score (nSPS) is 10.4. The highest BCUT2D eigenvalue weighted by molar-refractivity contribution is 7.99. The number of hydrogen-bond acceptors (Lipinski definition) is 3. The molecule has 0 aliphatic heterocycles. The first-order valence-corrected chi connectivity index (χ1v) is 5.89. The maximum Gasteiger partial charge on any atom is 0.0562 e. The number of nitrogens with two attached hydrogens (primary N) is 1. The zero-order chi connectivity index (χ0) is 10.4. The van der Waals surface area contributed by atoms with E-state index in [0.29, 0.717) is 5.02 Å². The number of halogens is 1. The molecule has 0 aromatic heterocycles. The van der Waals surface area contributed by atoms with Crippen LogP contribution in [0.15, 0.2) is 23.1 Å². The van der Waals surface area contributed by atoms with Gasteiger partial charge < -0.3 is 10.8 Å². The Kier molecular flexibility index (Phi) is 5.15. The van der Waals surface area contributed by atoms with Gasteiger partial charge >= 0.3 is 0 Å². The van der Waals surface area contributed by atoms with E-state index in [1.54, 1.807) is 11.8 Å². The van der Waals surface area contributed by atoms with Crippen LogP contribution in [-0.4, -0.2) is 17.5 Å². The molecule has 0 amide bonds. The monoisotopic (exact) mass is 231 g/mol. The fourth-order valence-corrected chi connectivity index (χ4v) is 2.40. The first-order valence-electron chi connectivity index (χ1n) is 4.53. The van der Waals surface area contributed by atoms with Gasteiger partial charge in [-0.25, -0.2) is 0 Å². The van der Waals surface area contributed by atoms with Crippen LogP contribution in [0.3, 0.4) is 0 Å². The van der Waals surface area contributed by atoms with Crippen molar-refractivity contribution in [1.82, 2.24) is 0 Å². The number of aliphatic hydroxyl groups is 1. The van der Waals surface area contributed by atoms with Gasteiger partial charge in [0.2, 0.25) is 0 Å². The van der Waals surface area contributed by atoms with E-state index in [2.05, 4.69) is 0 Å². The number of aliphatic hydroxyl groups excluding tert-OH is 1. The Balaban J connectivity index is 2.49. The van der Waals surface area contributed by atoms with Gasteiger partial charge in [0, 0.05) is 17.2 Å². The Bertz CT molecular complexity index is 273. The van der Waals surface area contributed by atoms with Gasteiger partial charge in [0.25, 0.3) is 0 Å². The lowest BCUT2D eigenvalue weighted by atomic mass is 10.3. The summed E-state index contributed by atoms with van der Waals surface area (Å²) in [5.41, 5.74) is 6.51. The minimum atomic E-state index is 0.249. The third-order valence-electron chi connectivity index (χ3n) is 1.80. The van der Waals surface area contributed by atoms with Crippen molar-refractivity contribution in [2.75, 3.05) is 18.1 Å². The highest BCUT2D eigenvalue weighted by Gasteiger charge is 2.03. The van der Waals surface area contributed by atoms with Crippen LogP contribution in [0.1, 0.15) is 12.8 Å². The van der Waals surface area contributed by atoms with Gasteiger partial charge in [-0.2, -0.15) is 0 Å². The minimum absolute atomic E-state index is 0.249. The molecule has 3 N–H and O–H groups in total. The molecule has 0 heterocycles. The Hall–Kier alpha value is -0.380. The van der Waals surface area contributed by atoms with Gasteiger partial charge in [0.1, 0.15) is 0 Å². The first kappa shape index (κ1) is 11.7. The maximum absolute atomic E-state index is 8.61. The van der Waals surface area contributed by atoms with Crippen LogP contribution in [0.25, 0.3) is 0 Å². The summed E-state index contributed by atoms with van der Waals surface area (Å²) < 4.78 is 0. The van der Waals surface area contributed by atoms with Gasteiger partial charge in [-0.3, -0.25) is 0 Å². The molecule has 0 unspecified atom stereocenters. The molecule has 2 nitrogen and oxygen atoms in total. The first-order chi connectivity index (χ1) is 6.75. The maximum atomic E-state index is 8.61. The van der Waals surface area contributed by atoms with Gasteiger partial charge in [-0.05, 0) is 30.7 Å². The van der Waals surface area contributed by atoms with E-state index >= 15 is 0 Å². The second-order valence-electron chi connectivity index (χ2n) is 2.94. The van der Waals surface area contributed by atoms with Crippen molar-refractivity contribution in [2.45, 2.75) is 17.7 Å². The molecule has 0 saturated carbocycles. The summed E-state index contributed by atoms with van der Waals surface area (Å²) in [5, 5.41) is 9.32. The molecule has 0 bridgehead atoms. The van der Waals surface area contributed by atoms with E-state index < -0.39 is 0 Å². The quantitative estimate of drug-likeness (QED) is 0.465. The van der Waals surface area contributed by atoms with Gasteiger partial charge in [-0.15, -0.1) is 11.8 Å². The van der Waals surface area contributed by atoms with E-state index in [1.807, 2.05) is 18.2 Å². The number of benzene rings is 1. The van der Waals surface area contributed by atoms with Crippen molar-refractivity contribution in [3.8, 4) is 0 Å². The molecule has 1 aromatic carbocycles. The number of anilines is 1. The molecule has 0 aliphatic rings. The largest absolute Gasteiger partial charge is 0.398 e. The van der Waals surface area contributed by atoms with E-state index in [-0.39, 0.29) is 6.61 Å². The van der Waals surface area contributed by atoms with Crippen molar-refractivity contribution in [3.05, 3.63) is 23.2 Å². The third-order valence-corrected chi connectivity index (χ3v) is 3.46. The van der Waals surface area contributed by atoms with Crippen LogP contribution in [0.5, 0.6) is 0 Å². The van der Waals surface area contributed by atoms with Gasteiger partial charge in [0.15, 0.2) is 0 Å². The summed E-state index contributed by atoms with van der Waals surface area (Å²) in [4.78, 5) is 0.951. The molecule has 0 atom stereocenters. The summed E-state index contributed by atoms with van der Waals surface area (Å²) in [7, 11) is 0. The number of nitrogen functional groups attached to an aromatic ring is 1. The van der Waals surface area contributed by atoms with Crippen LogP contribution in [0.4, 0.5) is 5.69 Å². The van der Waals surface area contributed by atoms with E-state index in [1.165, 1.54) is 0 Å². The topological polar surface area (TPSA) is 46.2 Å². The average Bonchev–Trinajstić information content (AvgIpc) is 2.16. The zero-order valence-electron chi connectivity index (χ0n) is 7.87. The molecule has 0 fully saturated rings. The fourth-order valence-electron chi connectivity index (χ4n) is 1.07. The second-order valence-corrected chi connectivity index (χ2v) is 4.45. The van der Waals surface area contributed by atoms with Crippen molar-refractivity contribution in [3.63, 3.8) is 0 Å². The Morgan fingerprint density at radius 2 is 2.14 bits per heavy atom. The lowest BCUT2D eigenvalue weighted by molar-refractivity contribution is 0.287. The minimum Gasteiger partial charge on any atom is -0.398 e. The molecular weight excluding hydrogens is 218 g/mol. The Labute approximate surface area is 93.5 Å². The number of hydrogen-bond donors (Lipinski definition) is 2. The SMILES string of the molecule is Nc1cccc(Cl)c1SCCCCO. The van der Waals surface area contributed by atoms with Crippen LogP contribution < -0.4 is 5.73 Å². The van der Waals surface area contributed by atoms with Crippen LogP contribution in [0.2, 0.25) is 5.02 Å². The lowest BCUT2D eigenvalue weighted by Crippen LogP contribution is -1.91. The van der Waals surface area contributed by atoms with Crippen LogP contribution in [0, 0.1) is 0 Å². The number of thioether (sulfide) groups is 1.